The Morgan fingerprint density at radius 3 is 1.90 bits per heavy atom. The van der Waals surface area contributed by atoms with Crippen LogP contribution in [0.25, 0.3) is 0 Å². The number of carboxylic acids is 1. The van der Waals surface area contributed by atoms with Crippen molar-refractivity contribution in [1.82, 2.24) is 15.5 Å². The van der Waals surface area contributed by atoms with Gasteiger partial charge in [-0.1, -0.05) is 0 Å². The van der Waals surface area contributed by atoms with Gasteiger partial charge in [-0.2, -0.15) is 13.2 Å². The van der Waals surface area contributed by atoms with E-state index in [1.54, 1.807) is 32.8 Å². The molecule has 0 aliphatic heterocycles. The van der Waals surface area contributed by atoms with Crippen molar-refractivity contribution >= 4 is 12.0 Å². The Labute approximate surface area is 115 Å². The molecule has 0 spiro atoms. The number of rotatable bonds is 5. The van der Waals surface area contributed by atoms with Gasteiger partial charge in [0, 0.05) is 12.1 Å². The second-order valence-electron chi connectivity index (χ2n) is 5.44. The monoisotopic (exact) mass is 299 g/mol. The minimum Gasteiger partial charge on any atom is -0.479 e. The van der Waals surface area contributed by atoms with Gasteiger partial charge in [0.05, 0.1) is 0 Å². The van der Waals surface area contributed by atoms with Crippen molar-refractivity contribution in [1.29, 1.82) is 0 Å². The first-order valence-corrected chi connectivity index (χ1v) is 5.77. The molecule has 1 atom stereocenters. The minimum atomic E-state index is -5.10. The molecule has 6 nitrogen and oxygen atoms in total. The smallest absolute Gasteiger partial charge is 0.422 e. The van der Waals surface area contributed by atoms with Gasteiger partial charge in [0.25, 0.3) is 0 Å². The van der Waals surface area contributed by atoms with Crippen LogP contribution in [0.2, 0.25) is 0 Å². The summed E-state index contributed by atoms with van der Waals surface area (Å²) in [7, 11) is 3.49. The zero-order chi connectivity index (χ0) is 16.4. The molecular formula is C11H20F3N3O3. The summed E-state index contributed by atoms with van der Waals surface area (Å²) in [4.78, 5) is 24.0. The van der Waals surface area contributed by atoms with Crippen molar-refractivity contribution in [3.63, 3.8) is 0 Å². The highest BCUT2D eigenvalue weighted by Gasteiger charge is 2.58. The maximum Gasteiger partial charge on any atom is 0.422 e. The molecule has 0 aliphatic rings. The Balaban J connectivity index is 4.79. The fraction of sp³-hybridized carbons (Fsp3) is 0.818. The van der Waals surface area contributed by atoms with Crippen molar-refractivity contribution in [3.05, 3.63) is 0 Å². The predicted molar refractivity (Wildman–Crippen MR) is 66.4 cm³/mol. The molecule has 0 radical (unpaired) electrons. The van der Waals surface area contributed by atoms with Gasteiger partial charge in [-0.3, -0.25) is 0 Å². The number of hydrogen-bond donors (Lipinski definition) is 3. The molecule has 2 amide bonds. The van der Waals surface area contributed by atoms with Crippen LogP contribution in [-0.2, 0) is 4.79 Å². The molecule has 0 rings (SSSR count). The normalized spacial score (nSPS) is 15.7. The van der Waals surface area contributed by atoms with Crippen LogP contribution in [0.5, 0.6) is 0 Å². The van der Waals surface area contributed by atoms with Crippen LogP contribution in [0.1, 0.15) is 20.8 Å². The van der Waals surface area contributed by atoms with E-state index in [9.17, 15) is 22.8 Å². The summed E-state index contributed by atoms with van der Waals surface area (Å²) in [6, 6.07) is -1.19. The second kappa shape index (κ2) is 5.86. The molecule has 20 heavy (non-hydrogen) atoms. The number of carbonyl (C=O) groups excluding carboxylic acids is 1. The summed E-state index contributed by atoms with van der Waals surface area (Å²) in [5.41, 5.74) is -3.82. The van der Waals surface area contributed by atoms with E-state index in [4.69, 9.17) is 5.11 Å². The van der Waals surface area contributed by atoms with Gasteiger partial charge in [0.1, 0.15) is 0 Å². The zero-order valence-electron chi connectivity index (χ0n) is 12.1. The Morgan fingerprint density at radius 2 is 1.60 bits per heavy atom. The summed E-state index contributed by atoms with van der Waals surface area (Å²) < 4.78 is 38.1. The number of carbonyl (C=O) groups is 2. The van der Waals surface area contributed by atoms with Crippen LogP contribution < -0.4 is 10.6 Å². The number of nitrogens with zero attached hydrogens (tertiary/aromatic N) is 1. The van der Waals surface area contributed by atoms with Crippen molar-refractivity contribution < 1.29 is 27.9 Å². The van der Waals surface area contributed by atoms with E-state index in [1.807, 2.05) is 0 Å². The van der Waals surface area contributed by atoms with E-state index in [1.165, 1.54) is 5.32 Å². The second-order valence-corrected chi connectivity index (χ2v) is 5.44. The number of amides is 2. The van der Waals surface area contributed by atoms with Crippen LogP contribution in [0.3, 0.4) is 0 Å². The molecule has 0 bridgehead atoms. The molecule has 0 heterocycles. The van der Waals surface area contributed by atoms with Crippen LogP contribution in [0, 0.1) is 0 Å². The SMILES string of the molecule is CN(C)C(C)(C)CNC(=O)NC(C)(C(=O)O)C(F)(F)F. The highest BCUT2D eigenvalue weighted by Crippen LogP contribution is 2.30. The quantitative estimate of drug-likeness (QED) is 0.708. The van der Waals surface area contributed by atoms with Crippen LogP contribution >= 0.6 is 0 Å². The molecule has 3 N–H and O–H groups in total. The topological polar surface area (TPSA) is 81.7 Å². The first-order chi connectivity index (χ1) is 8.74. The highest BCUT2D eigenvalue weighted by molar-refractivity contribution is 5.86. The van der Waals surface area contributed by atoms with E-state index >= 15 is 0 Å². The number of aliphatic carboxylic acids is 1. The summed E-state index contributed by atoms with van der Waals surface area (Å²) in [5.74, 6) is -2.17. The Morgan fingerprint density at radius 1 is 1.15 bits per heavy atom. The third-order valence-corrected chi connectivity index (χ3v) is 3.25. The lowest BCUT2D eigenvalue weighted by Gasteiger charge is -2.34. The van der Waals surface area contributed by atoms with Crippen molar-refractivity contribution in [2.24, 2.45) is 0 Å². The predicted octanol–water partition coefficient (Wildman–Crippen LogP) is 1.03. The lowest BCUT2D eigenvalue weighted by molar-refractivity contribution is -0.203. The highest BCUT2D eigenvalue weighted by atomic mass is 19.4. The molecule has 0 aliphatic carbocycles. The maximum absolute atomic E-state index is 12.7. The van der Waals surface area contributed by atoms with Gasteiger partial charge >= 0.3 is 18.2 Å². The first kappa shape index (κ1) is 18.5. The zero-order valence-corrected chi connectivity index (χ0v) is 12.1. The fourth-order valence-corrected chi connectivity index (χ4v) is 0.972. The molecule has 0 aromatic heterocycles. The molecule has 0 saturated carbocycles. The molecule has 0 fully saturated rings. The molecule has 118 valence electrons. The van der Waals surface area contributed by atoms with Crippen LogP contribution in [0.4, 0.5) is 18.0 Å². The third-order valence-electron chi connectivity index (χ3n) is 3.25. The Hall–Kier alpha value is -1.51. The van der Waals surface area contributed by atoms with E-state index < -0.39 is 29.3 Å². The van der Waals surface area contributed by atoms with E-state index in [-0.39, 0.29) is 6.54 Å². The number of alkyl halides is 3. The average Bonchev–Trinajstić information content (AvgIpc) is 2.24. The van der Waals surface area contributed by atoms with E-state index in [2.05, 4.69) is 5.32 Å². The van der Waals surface area contributed by atoms with Gasteiger partial charge in [0.2, 0.25) is 5.54 Å². The van der Waals surface area contributed by atoms with Crippen LogP contribution in [0.15, 0.2) is 0 Å². The molecular weight excluding hydrogens is 279 g/mol. The van der Waals surface area contributed by atoms with Gasteiger partial charge in [-0.15, -0.1) is 0 Å². The van der Waals surface area contributed by atoms with E-state index in [0.717, 1.165) is 0 Å². The standard InChI is InChI=1S/C11H20F3N3O3/c1-9(2,17(4)5)6-15-8(20)16-10(3,7(18)19)11(12,13)14/h6H2,1-5H3,(H,18,19)(H2,15,16,20). The van der Waals surface area contributed by atoms with Gasteiger partial charge in [-0.05, 0) is 34.9 Å². The van der Waals surface area contributed by atoms with Gasteiger partial charge < -0.3 is 20.6 Å². The summed E-state index contributed by atoms with van der Waals surface area (Å²) in [6.07, 6.45) is -5.10. The molecule has 9 heteroatoms. The molecule has 0 aromatic carbocycles. The number of urea groups is 1. The number of halogens is 3. The van der Waals surface area contributed by atoms with Gasteiger partial charge in [-0.25, -0.2) is 9.59 Å². The first-order valence-electron chi connectivity index (χ1n) is 5.77. The van der Waals surface area contributed by atoms with E-state index in [0.29, 0.717) is 6.92 Å². The molecule has 0 aromatic rings. The van der Waals surface area contributed by atoms with Crippen molar-refractivity contribution in [3.8, 4) is 0 Å². The number of nitrogens with one attached hydrogen (secondary N) is 2. The maximum atomic E-state index is 12.7. The molecule has 1 unspecified atom stereocenters. The Kier molecular flexibility index (Phi) is 5.42. The Bertz CT molecular complexity index is 383. The number of likely N-dealkylation sites (N-methyl/N-ethyl adjacent to an activating group) is 1. The minimum absolute atomic E-state index is 0.0549. The van der Waals surface area contributed by atoms with Crippen molar-refractivity contribution in [2.45, 2.75) is 38.0 Å². The number of carboxylic acid groups (broad SMARTS) is 1. The summed E-state index contributed by atoms with van der Waals surface area (Å²) >= 11 is 0. The lowest BCUT2D eigenvalue weighted by atomic mass is 10.0. The van der Waals surface area contributed by atoms with Crippen molar-refractivity contribution in [2.75, 3.05) is 20.6 Å². The number of hydrogen-bond acceptors (Lipinski definition) is 3. The summed E-state index contributed by atoms with van der Waals surface area (Å²) in [6.45, 7) is 3.99. The average molecular weight is 299 g/mol. The largest absolute Gasteiger partial charge is 0.479 e. The summed E-state index contributed by atoms with van der Waals surface area (Å²) in [5, 5.41) is 12.3. The lowest BCUT2D eigenvalue weighted by Crippen LogP contribution is -2.64. The fourth-order valence-electron chi connectivity index (χ4n) is 0.972. The third kappa shape index (κ3) is 4.26. The van der Waals surface area contributed by atoms with Gasteiger partial charge in [0.15, 0.2) is 0 Å². The van der Waals surface area contributed by atoms with Crippen LogP contribution in [-0.4, -0.2) is 59.9 Å². The molecule has 0 saturated heterocycles.